The number of esters is 2. The average molecular weight is 972 g/mol. The normalized spacial score (nSPS) is 13.0. The van der Waals surface area contributed by atoms with Crippen molar-refractivity contribution in [2.24, 2.45) is 0 Å². The predicted molar refractivity (Wildman–Crippen MR) is 306 cm³/mol. The fourth-order valence-corrected chi connectivity index (χ4v) is 8.01. The lowest BCUT2D eigenvalue weighted by atomic mass is 10.0. The standard InChI is InChI=1S/C65H110O5/c1-4-7-10-13-16-19-22-25-28-31-33-35-37-40-43-46-49-52-55-58-64(66)69-62-63(61-68-60-57-54-51-48-45-42-39-36-32-29-26-23-20-17-14-11-8-5-2)70-65(67)59-56-53-50-47-44-41-38-34-30-27-24-21-18-15-12-9-6-3/h8-9,11-12,17-18,20-21,26-27,29-30,36,38-39,41,47,50,63H,4-7,10,13-16,19,22-25,28,31-35,37,40,42-46,48-49,51-62H2,1-3H3/b11-8-,12-9-,20-17-,21-18-,29-26-,30-27-,39-36-,41-38-,50-47-. The van der Waals surface area contributed by atoms with Crippen LogP contribution in [0, 0.1) is 0 Å². The van der Waals surface area contributed by atoms with Crippen molar-refractivity contribution in [1.82, 2.24) is 0 Å². The molecule has 0 bridgehead atoms. The van der Waals surface area contributed by atoms with Gasteiger partial charge in [-0.05, 0) is 96.3 Å². The Morgan fingerprint density at radius 3 is 1.07 bits per heavy atom. The van der Waals surface area contributed by atoms with E-state index in [1.807, 2.05) is 0 Å². The fraction of sp³-hybridized carbons (Fsp3) is 0.692. The second-order valence-electron chi connectivity index (χ2n) is 19.1. The van der Waals surface area contributed by atoms with Crippen LogP contribution < -0.4 is 0 Å². The Kier molecular flexibility index (Phi) is 56.9. The monoisotopic (exact) mass is 971 g/mol. The van der Waals surface area contributed by atoms with E-state index in [2.05, 4.69) is 130 Å². The number of rotatable bonds is 53. The summed E-state index contributed by atoms with van der Waals surface area (Å²) in [5.41, 5.74) is 0. The quantitative estimate of drug-likeness (QED) is 0.0345. The first kappa shape index (κ1) is 66.6. The zero-order valence-electron chi connectivity index (χ0n) is 46.0. The molecule has 0 aliphatic rings. The van der Waals surface area contributed by atoms with Crippen molar-refractivity contribution >= 4 is 11.9 Å². The van der Waals surface area contributed by atoms with Gasteiger partial charge in [0.15, 0.2) is 6.10 Å². The molecule has 0 fully saturated rings. The number of carbonyl (C=O) groups excluding carboxylic acids is 2. The number of carbonyl (C=O) groups is 2. The van der Waals surface area contributed by atoms with E-state index >= 15 is 0 Å². The zero-order chi connectivity index (χ0) is 50.6. The molecule has 0 spiro atoms. The van der Waals surface area contributed by atoms with Crippen LogP contribution in [0.25, 0.3) is 0 Å². The van der Waals surface area contributed by atoms with Crippen molar-refractivity contribution in [3.63, 3.8) is 0 Å². The van der Waals surface area contributed by atoms with Crippen molar-refractivity contribution in [1.29, 1.82) is 0 Å². The van der Waals surface area contributed by atoms with E-state index in [-0.39, 0.29) is 25.2 Å². The summed E-state index contributed by atoms with van der Waals surface area (Å²) in [5, 5.41) is 0. The van der Waals surface area contributed by atoms with Gasteiger partial charge >= 0.3 is 11.9 Å². The van der Waals surface area contributed by atoms with Crippen LogP contribution in [0.2, 0.25) is 0 Å². The molecule has 5 heteroatoms. The lowest BCUT2D eigenvalue weighted by Gasteiger charge is -2.18. The highest BCUT2D eigenvalue weighted by Gasteiger charge is 2.17. The summed E-state index contributed by atoms with van der Waals surface area (Å²) < 4.78 is 17.4. The summed E-state index contributed by atoms with van der Waals surface area (Å²) in [7, 11) is 0. The highest BCUT2D eigenvalue weighted by molar-refractivity contribution is 5.70. The van der Waals surface area contributed by atoms with Crippen LogP contribution in [0.5, 0.6) is 0 Å². The van der Waals surface area contributed by atoms with E-state index < -0.39 is 6.10 Å². The van der Waals surface area contributed by atoms with Crippen molar-refractivity contribution in [3.05, 3.63) is 109 Å². The molecule has 0 heterocycles. The van der Waals surface area contributed by atoms with Gasteiger partial charge in [-0.3, -0.25) is 9.59 Å². The minimum atomic E-state index is -0.582. The summed E-state index contributed by atoms with van der Waals surface area (Å²) in [6.07, 6.45) is 82.7. The molecule has 0 aromatic heterocycles. The second-order valence-corrected chi connectivity index (χ2v) is 19.1. The van der Waals surface area contributed by atoms with Gasteiger partial charge < -0.3 is 14.2 Å². The molecule has 0 saturated carbocycles. The van der Waals surface area contributed by atoms with Crippen LogP contribution in [-0.4, -0.2) is 37.9 Å². The van der Waals surface area contributed by atoms with Crippen LogP contribution in [0.15, 0.2) is 109 Å². The van der Waals surface area contributed by atoms with E-state index in [1.54, 1.807) is 0 Å². The van der Waals surface area contributed by atoms with Crippen molar-refractivity contribution in [3.8, 4) is 0 Å². The molecular formula is C65H110O5. The van der Waals surface area contributed by atoms with Gasteiger partial charge in [0, 0.05) is 19.4 Å². The van der Waals surface area contributed by atoms with Gasteiger partial charge in [0.2, 0.25) is 0 Å². The maximum Gasteiger partial charge on any atom is 0.306 e. The Morgan fingerprint density at radius 1 is 0.329 bits per heavy atom. The molecule has 0 saturated heterocycles. The summed E-state index contributed by atoms with van der Waals surface area (Å²) >= 11 is 0. The van der Waals surface area contributed by atoms with E-state index in [4.69, 9.17) is 14.2 Å². The van der Waals surface area contributed by atoms with Crippen LogP contribution >= 0.6 is 0 Å². The Morgan fingerprint density at radius 2 is 0.657 bits per heavy atom. The summed E-state index contributed by atoms with van der Waals surface area (Å²) in [4.78, 5) is 25.5. The maximum atomic E-state index is 12.8. The molecule has 70 heavy (non-hydrogen) atoms. The van der Waals surface area contributed by atoms with Crippen molar-refractivity contribution < 1.29 is 23.8 Å². The molecule has 5 nitrogen and oxygen atoms in total. The SMILES string of the molecule is CC/C=C\C/C=C\C/C=C\C/C=C\C/C=C\CCCC(=O)OC(COCCCCCCC/C=C\C/C=C\C/C=C\C/C=C\CC)COC(=O)CCCCCCCCCCCCCCCCCCCCC. The van der Waals surface area contributed by atoms with Crippen LogP contribution in [0.4, 0.5) is 0 Å². The smallest absolute Gasteiger partial charge is 0.306 e. The van der Waals surface area contributed by atoms with Gasteiger partial charge in [0.25, 0.3) is 0 Å². The zero-order valence-corrected chi connectivity index (χ0v) is 46.0. The van der Waals surface area contributed by atoms with E-state index in [0.29, 0.717) is 19.4 Å². The molecule has 0 radical (unpaired) electrons. The molecule has 1 atom stereocenters. The number of unbranched alkanes of at least 4 members (excludes halogenated alkanes) is 24. The fourth-order valence-electron chi connectivity index (χ4n) is 8.01. The van der Waals surface area contributed by atoms with Gasteiger partial charge in [-0.15, -0.1) is 0 Å². The Balaban J connectivity index is 4.39. The summed E-state index contributed by atoms with van der Waals surface area (Å²) in [5.74, 6) is -0.472. The molecular weight excluding hydrogens is 861 g/mol. The highest BCUT2D eigenvalue weighted by Crippen LogP contribution is 2.16. The van der Waals surface area contributed by atoms with E-state index in [0.717, 1.165) is 103 Å². The lowest BCUT2D eigenvalue weighted by molar-refractivity contribution is -0.162. The predicted octanol–water partition coefficient (Wildman–Crippen LogP) is 20.3. The molecule has 0 aliphatic carbocycles. The van der Waals surface area contributed by atoms with Gasteiger partial charge in [-0.25, -0.2) is 0 Å². The molecule has 0 aromatic rings. The van der Waals surface area contributed by atoms with Crippen molar-refractivity contribution in [2.45, 2.75) is 271 Å². The Bertz CT molecular complexity index is 1380. The third-order valence-corrected chi connectivity index (χ3v) is 12.3. The van der Waals surface area contributed by atoms with Crippen LogP contribution in [0.3, 0.4) is 0 Å². The highest BCUT2D eigenvalue weighted by atomic mass is 16.6. The number of hydrogen-bond donors (Lipinski definition) is 0. The maximum absolute atomic E-state index is 12.8. The van der Waals surface area contributed by atoms with Crippen LogP contribution in [0.1, 0.15) is 265 Å². The Labute approximate surface area is 434 Å². The van der Waals surface area contributed by atoms with Crippen molar-refractivity contribution in [2.75, 3.05) is 19.8 Å². The molecule has 0 aliphatic heterocycles. The number of hydrogen-bond acceptors (Lipinski definition) is 5. The average Bonchev–Trinajstić information content (AvgIpc) is 3.36. The topological polar surface area (TPSA) is 61.8 Å². The number of ether oxygens (including phenoxy) is 3. The van der Waals surface area contributed by atoms with Gasteiger partial charge in [-0.2, -0.15) is 0 Å². The molecule has 0 amide bonds. The molecule has 400 valence electrons. The van der Waals surface area contributed by atoms with E-state index in [9.17, 15) is 9.59 Å². The third-order valence-electron chi connectivity index (χ3n) is 12.3. The first-order valence-electron chi connectivity index (χ1n) is 29.4. The minimum absolute atomic E-state index is 0.0514. The third kappa shape index (κ3) is 57.1. The van der Waals surface area contributed by atoms with Crippen LogP contribution in [-0.2, 0) is 23.8 Å². The molecule has 0 aromatic carbocycles. The summed E-state index contributed by atoms with van der Waals surface area (Å²) in [6.45, 7) is 7.52. The van der Waals surface area contributed by atoms with Gasteiger partial charge in [0.1, 0.15) is 6.61 Å². The lowest BCUT2D eigenvalue weighted by Crippen LogP contribution is -2.30. The first-order valence-corrected chi connectivity index (χ1v) is 29.4. The van der Waals surface area contributed by atoms with Gasteiger partial charge in [-0.1, -0.05) is 265 Å². The second kappa shape index (κ2) is 59.9. The van der Waals surface area contributed by atoms with Gasteiger partial charge in [0.05, 0.1) is 6.61 Å². The summed E-state index contributed by atoms with van der Waals surface area (Å²) in [6, 6.07) is 0. The largest absolute Gasteiger partial charge is 0.462 e. The minimum Gasteiger partial charge on any atom is -0.462 e. The first-order chi connectivity index (χ1) is 34.6. The molecule has 0 N–H and O–H groups in total. The molecule has 1 unspecified atom stereocenters. The number of allylic oxidation sites excluding steroid dienone is 18. The van der Waals surface area contributed by atoms with E-state index in [1.165, 1.54) is 128 Å². The Hall–Kier alpha value is -3.44. The molecule has 0 rings (SSSR count).